The second-order valence-electron chi connectivity index (χ2n) is 5.18. The Balaban J connectivity index is 2.19. The molecule has 0 amide bonds. The summed E-state index contributed by atoms with van der Waals surface area (Å²) in [6, 6.07) is 4.05. The number of halogens is 1. The summed E-state index contributed by atoms with van der Waals surface area (Å²) >= 11 is 0. The molecule has 1 aromatic rings. The number of nitrogens with one attached hydrogen (secondary N) is 1. The second-order valence-corrected chi connectivity index (χ2v) is 7.20. The quantitative estimate of drug-likeness (QED) is 0.833. The molecule has 19 heavy (non-hydrogen) atoms. The highest BCUT2D eigenvalue weighted by Crippen LogP contribution is 2.25. The first kappa shape index (κ1) is 14.3. The fourth-order valence-electron chi connectivity index (χ4n) is 2.42. The van der Waals surface area contributed by atoms with Crippen molar-refractivity contribution in [3.63, 3.8) is 0 Å². The predicted octanol–water partition coefficient (Wildman–Crippen LogP) is 1.91. The molecule has 0 spiro atoms. The molecule has 106 valence electrons. The molecule has 0 saturated heterocycles. The molecular weight excluding hydrogens is 267 g/mol. The highest BCUT2D eigenvalue weighted by atomic mass is 32.2. The van der Waals surface area contributed by atoms with Crippen molar-refractivity contribution in [2.75, 3.05) is 11.6 Å². The highest BCUT2D eigenvalue weighted by Gasteiger charge is 2.20. The van der Waals surface area contributed by atoms with E-state index in [0.29, 0.717) is 0 Å². The molecule has 0 radical (unpaired) electrons. The molecule has 2 rings (SSSR count). The molecular formula is C13H19FN2O2S. The van der Waals surface area contributed by atoms with Gasteiger partial charge in [-0.3, -0.25) is 0 Å². The average Bonchev–Trinajstić information content (AvgIpc) is 2.30. The third-order valence-corrected chi connectivity index (χ3v) is 4.55. The van der Waals surface area contributed by atoms with Crippen molar-refractivity contribution in [2.45, 2.75) is 42.7 Å². The molecule has 6 heteroatoms. The molecule has 1 aliphatic carbocycles. The lowest BCUT2D eigenvalue weighted by molar-refractivity contribution is 0.408. The maximum absolute atomic E-state index is 13.7. The maximum atomic E-state index is 13.7. The first-order valence-corrected chi connectivity index (χ1v) is 8.27. The second kappa shape index (κ2) is 5.46. The van der Waals surface area contributed by atoms with Gasteiger partial charge in [0.2, 0.25) is 0 Å². The summed E-state index contributed by atoms with van der Waals surface area (Å²) in [7, 11) is -3.33. The first-order valence-electron chi connectivity index (χ1n) is 6.38. The largest absolute Gasteiger partial charge is 0.380 e. The number of nitrogens with two attached hydrogens (primary N) is 1. The van der Waals surface area contributed by atoms with Crippen LogP contribution in [0.5, 0.6) is 0 Å². The van der Waals surface area contributed by atoms with Crippen molar-refractivity contribution in [3.8, 4) is 0 Å². The van der Waals surface area contributed by atoms with E-state index in [0.717, 1.165) is 31.9 Å². The fourth-order valence-corrected chi connectivity index (χ4v) is 3.07. The van der Waals surface area contributed by atoms with E-state index >= 15 is 0 Å². The van der Waals surface area contributed by atoms with Crippen molar-refractivity contribution in [3.05, 3.63) is 24.0 Å². The van der Waals surface area contributed by atoms with Gasteiger partial charge in [0.15, 0.2) is 9.84 Å². The summed E-state index contributed by atoms with van der Waals surface area (Å²) in [5, 5.41) is 3.07. The van der Waals surface area contributed by atoms with Gasteiger partial charge in [0, 0.05) is 18.3 Å². The van der Waals surface area contributed by atoms with E-state index in [9.17, 15) is 12.8 Å². The van der Waals surface area contributed by atoms with Crippen molar-refractivity contribution in [1.82, 2.24) is 0 Å². The minimum atomic E-state index is -3.33. The van der Waals surface area contributed by atoms with Crippen molar-refractivity contribution in [2.24, 2.45) is 5.73 Å². The molecule has 4 nitrogen and oxygen atoms in total. The minimum Gasteiger partial charge on any atom is -0.380 e. The molecule has 0 bridgehead atoms. The van der Waals surface area contributed by atoms with E-state index in [1.165, 1.54) is 18.2 Å². The number of rotatable bonds is 3. The number of hydrogen-bond acceptors (Lipinski definition) is 4. The molecule has 0 heterocycles. The van der Waals surface area contributed by atoms with E-state index in [2.05, 4.69) is 5.32 Å². The molecule has 2 atom stereocenters. The van der Waals surface area contributed by atoms with Gasteiger partial charge < -0.3 is 11.1 Å². The van der Waals surface area contributed by atoms with Crippen LogP contribution in [0.15, 0.2) is 23.1 Å². The minimum absolute atomic E-state index is 0.105. The smallest absolute Gasteiger partial charge is 0.175 e. The maximum Gasteiger partial charge on any atom is 0.175 e. The summed E-state index contributed by atoms with van der Waals surface area (Å²) in [5.74, 6) is -0.438. The van der Waals surface area contributed by atoms with Crippen LogP contribution < -0.4 is 11.1 Å². The lowest BCUT2D eigenvalue weighted by Crippen LogP contribution is -2.35. The van der Waals surface area contributed by atoms with E-state index in [1.807, 2.05) is 0 Å². The molecule has 3 N–H and O–H groups in total. The van der Waals surface area contributed by atoms with Crippen LogP contribution in [-0.4, -0.2) is 26.8 Å². The summed E-state index contributed by atoms with van der Waals surface area (Å²) in [5.41, 5.74) is 6.12. The van der Waals surface area contributed by atoms with E-state index in [1.54, 1.807) is 0 Å². The SMILES string of the molecule is CS(=O)(=O)c1ccc(F)c(NC2CCCC(N)C2)c1. The highest BCUT2D eigenvalue weighted by molar-refractivity contribution is 7.90. The summed E-state index contributed by atoms with van der Waals surface area (Å²) in [4.78, 5) is 0.122. The van der Waals surface area contributed by atoms with Crippen molar-refractivity contribution < 1.29 is 12.8 Å². The Morgan fingerprint density at radius 1 is 1.37 bits per heavy atom. The van der Waals surface area contributed by atoms with Crippen LogP contribution in [0.3, 0.4) is 0 Å². The van der Waals surface area contributed by atoms with E-state index < -0.39 is 15.7 Å². The van der Waals surface area contributed by atoms with Crippen LogP contribution >= 0.6 is 0 Å². The van der Waals surface area contributed by atoms with Gasteiger partial charge >= 0.3 is 0 Å². The lowest BCUT2D eigenvalue weighted by atomic mass is 9.91. The van der Waals surface area contributed by atoms with Gasteiger partial charge in [-0.05, 0) is 43.9 Å². The van der Waals surface area contributed by atoms with Gasteiger partial charge in [0.1, 0.15) is 5.82 Å². The van der Waals surface area contributed by atoms with Gasteiger partial charge in [-0.15, -0.1) is 0 Å². The monoisotopic (exact) mass is 286 g/mol. The van der Waals surface area contributed by atoms with Crippen molar-refractivity contribution >= 4 is 15.5 Å². The van der Waals surface area contributed by atoms with Gasteiger partial charge in [-0.25, -0.2) is 12.8 Å². The average molecular weight is 286 g/mol. The first-order chi connectivity index (χ1) is 8.86. The standard InChI is InChI=1S/C13H19FN2O2S/c1-19(17,18)11-5-6-12(14)13(8-11)16-10-4-2-3-9(15)7-10/h5-6,8-10,16H,2-4,7,15H2,1H3. The zero-order valence-electron chi connectivity index (χ0n) is 10.9. The fraction of sp³-hybridized carbons (Fsp3) is 0.538. The van der Waals surface area contributed by atoms with Crippen LogP contribution in [0.25, 0.3) is 0 Å². The van der Waals surface area contributed by atoms with E-state index in [4.69, 9.17) is 5.73 Å². The molecule has 1 aromatic carbocycles. The van der Waals surface area contributed by atoms with Crippen molar-refractivity contribution in [1.29, 1.82) is 0 Å². The third-order valence-electron chi connectivity index (χ3n) is 3.44. The Morgan fingerprint density at radius 2 is 2.11 bits per heavy atom. The van der Waals surface area contributed by atoms with Crippen LogP contribution in [0.4, 0.5) is 10.1 Å². The predicted molar refractivity (Wildman–Crippen MR) is 73.4 cm³/mol. The Labute approximate surface area is 113 Å². The number of hydrogen-bond donors (Lipinski definition) is 2. The van der Waals surface area contributed by atoms with Gasteiger partial charge in [0.05, 0.1) is 10.6 Å². The Bertz CT molecular complexity index is 560. The molecule has 1 aliphatic rings. The van der Waals surface area contributed by atoms with Gasteiger partial charge in [-0.1, -0.05) is 0 Å². The topological polar surface area (TPSA) is 72.2 Å². The van der Waals surface area contributed by atoms with Gasteiger partial charge in [-0.2, -0.15) is 0 Å². The zero-order chi connectivity index (χ0) is 14.0. The third kappa shape index (κ3) is 3.67. The molecule has 1 saturated carbocycles. The molecule has 1 fully saturated rings. The molecule has 0 aromatic heterocycles. The molecule has 0 aliphatic heterocycles. The van der Waals surface area contributed by atoms with Gasteiger partial charge in [0.25, 0.3) is 0 Å². The van der Waals surface area contributed by atoms with Crippen LogP contribution in [0.2, 0.25) is 0 Å². The zero-order valence-corrected chi connectivity index (χ0v) is 11.7. The van der Waals surface area contributed by atoms with Crippen LogP contribution in [-0.2, 0) is 9.84 Å². The Morgan fingerprint density at radius 3 is 2.74 bits per heavy atom. The van der Waals surface area contributed by atoms with Crippen LogP contribution in [0.1, 0.15) is 25.7 Å². The number of sulfone groups is 1. The Kier molecular flexibility index (Phi) is 4.10. The lowest BCUT2D eigenvalue weighted by Gasteiger charge is -2.28. The van der Waals surface area contributed by atoms with E-state index in [-0.39, 0.29) is 22.7 Å². The number of anilines is 1. The summed E-state index contributed by atoms with van der Waals surface area (Å²) < 4.78 is 36.7. The summed E-state index contributed by atoms with van der Waals surface area (Å²) in [6.07, 6.45) is 4.82. The normalized spacial score (nSPS) is 24.2. The molecule has 2 unspecified atom stereocenters. The Hall–Kier alpha value is -1.14. The van der Waals surface area contributed by atoms with Crippen LogP contribution in [0, 0.1) is 5.82 Å². The number of benzene rings is 1. The summed E-state index contributed by atoms with van der Waals surface area (Å²) in [6.45, 7) is 0.